The molecule has 11 heteroatoms. The summed E-state index contributed by atoms with van der Waals surface area (Å²) in [6.07, 6.45) is 7.11. The van der Waals surface area contributed by atoms with E-state index in [0.717, 1.165) is 63.0 Å². The number of anilines is 3. The minimum absolute atomic E-state index is 0.0896. The Kier molecular flexibility index (Phi) is 4.90. The summed E-state index contributed by atoms with van der Waals surface area (Å²) in [6.45, 7) is 1.71. The van der Waals surface area contributed by atoms with Gasteiger partial charge in [-0.3, -0.25) is 9.36 Å². The van der Waals surface area contributed by atoms with Crippen LogP contribution in [0, 0.1) is 0 Å². The SMILES string of the molecule is O=c1c2nnnn2c2cnc(Nc3ccc(N4CCC(O)CC4)cc3)nc2n1C1CCCC1. The normalized spacial score (nSPS) is 17.9. The second-order valence-electron chi connectivity index (χ2n) is 8.82. The lowest BCUT2D eigenvalue weighted by Crippen LogP contribution is -2.35. The van der Waals surface area contributed by atoms with Crippen LogP contribution < -0.4 is 15.8 Å². The number of rotatable bonds is 4. The van der Waals surface area contributed by atoms with Gasteiger partial charge in [0.05, 0.1) is 12.3 Å². The molecule has 2 N–H and O–H groups in total. The van der Waals surface area contributed by atoms with Crippen LogP contribution >= 0.6 is 0 Å². The summed E-state index contributed by atoms with van der Waals surface area (Å²) in [7, 11) is 0. The summed E-state index contributed by atoms with van der Waals surface area (Å²) < 4.78 is 3.16. The van der Waals surface area contributed by atoms with Crippen LogP contribution in [0.25, 0.3) is 16.8 Å². The average molecular weight is 448 g/mol. The number of hydrogen-bond donors (Lipinski definition) is 2. The lowest BCUT2D eigenvalue weighted by Gasteiger charge is -2.31. The Morgan fingerprint density at radius 2 is 1.76 bits per heavy atom. The molecule has 0 radical (unpaired) electrons. The van der Waals surface area contributed by atoms with Crippen LogP contribution in [-0.2, 0) is 0 Å². The van der Waals surface area contributed by atoms with Crippen molar-refractivity contribution in [2.24, 2.45) is 0 Å². The Bertz CT molecular complexity index is 1350. The molecule has 2 fully saturated rings. The smallest absolute Gasteiger partial charge is 0.299 e. The van der Waals surface area contributed by atoms with Gasteiger partial charge in [0.25, 0.3) is 5.56 Å². The van der Waals surface area contributed by atoms with E-state index in [1.807, 2.05) is 12.1 Å². The van der Waals surface area contributed by atoms with Gasteiger partial charge in [0.15, 0.2) is 5.65 Å². The number of aliphatic hydroxyl groups excluding tert-OH is 1. The fourth-order valence-corrected chi connectivity index (χ4v) is 4.95. The summed E-state index contributed by atoms with van der Waals surface area (Å²) in [4.78, 5) is 24.6. The molecule has 11 nitrogen and oxygen atoms in total. The third kappa shape index (κ3) is 3.58. The fourth-order valence-electron chi connectivity index (χ4n) is 4.95. The largest absolute Gasteiger partial charge is 0.393 e. The minimum Gasteiger partial charge on any atom is -0.393 e. The van der Waals surface area contributed by atoms with Crippen LogP contribution in [0.1, 0.15) is 44.6 Å². The van der Waals surface area contributed by atoms with E-state index in [-0.39, 0.29) is 23.4 Å². The van der Waals surface area contributed by atoms with Gasteiger partial charge >= 0.3 is 0 Å². The van der Waals surface area contributed by atoms with Crippen LogP contribution in [0.3, 0.4) is 0 Å². The first-order valence-electron chi connectivity index (χ1n) is 11.5. The molecule has 0 atom stereocenters. The van der Waals surface area contributed by atoms with E-state index in [9.17, 15) is 9.90 Å². The topological polar surface area (TPSA) is 126 Å². The van der Waals surface area contributed by atoms with Gasteiger partial charge < -0.3 is 15.3 Å². The second kappa shape index (κ2) is 8.07. The summed E-state index contributed by atoms with van der Waals surface area (Å²) in [5.41, 5.74) is 3.10. The molecular formula is C22H25N9O2. The van der Waals surface area contributed by atoms with Crippen LogP contribution in [0.2, 0.25) is 0 Å². The molecule has 2 aliphatic rings. The molecule has 170 valence electrons. The number of tetrazole rings is 1. The zero-order valence-corrected chi connectivity index (χ0v) is 18.1. The third-order valence-electron chi connectivity index (χ3n) is 6.73. The number of hydrogen-bond acceptors (Lipinski definition) is 9. The summed E-state index contributed by atoms with van der Waals surface area (Å²) >= 11 is 0. The number of nitrogens with one attached hydrogen (secondary N) is 1. The number of aromatic nitrogens is 7. The highest BCUT2D eigenvalue weighted by Gasteiger charge is 2.24. The van der Waals surface area contributed by atoms with E-state index >= 15 is 0 Å². The molecule has 0 amide bonds. The van der Waals surface area contributed by atoms with Crippen LogP contribution in [-0.4, -0.2) is 58.9 Å². The van der Waals surface area contributed by atoms with Crippen molar-refractivity contribution < 1.29 is 5.11 Å². The number of nitrogens with zero attached hydrogens (tertiary/aromatic N) is 8. The van der Waals surface area contributed by atoms with E-state index in [4.69, 9.17) is 4.98 Å². The maximum atomic E-state index is 13.2. The molecule has 0 unspecified atom stereocenters. The van der Waals surface area contributed by atoms with Crippen LogP contribution in [0.4, 0.5) is 17.3 Å². The fraction of sp³-hybridized carbons (Fsp3) is 0.455. The highest BCUT2D eigenvalue weighted by Crippen LogP contribution is 2.31. The van der Waals surface area contributed by atoms with Gasteiger partial charge in [-0.25, -0.2) is 4.98 Å². The Balaban J connectivity index is 1.33. The van der Waals surface area contributed by atoms with E-state index in [1.165, 1.54) is 4.52 Å². The van der Waals surface area contributed by atoms with E-state index in [0.29, 0.717) is 17.1 Å². The summed E-state index contributed by atoms with van der Waals surface area (Å²) in [6, 6.07) is 8.18. The lowest BCUT2D eigenvalue weighted by atomic mass is 10.1. The highest BCUT2D eigenvalue weighted by molar-refractivity contribution is 5.74. The molecule has 4 aromatic rings. The first kappa shape index (κ1) is 20.0. The predicted octanol–water partition coefficient (Wildman–Crippen LogP) is 2.05. The molecule has 3 aromatic heterocycles. The maximum Gasteiger partial charge on any atom is 0.299 e. The van der Waals surface area contributed by atoms with Crippen molar-refractivity contribution >= 4 is 34.1 Å². The van der Waals surface area contributed by atoms with Crippen molar-refractivity contribution in [3.05, 3.63) is 40.8 Å². The zero-order valence-electron chi connectivity index (χ0n) is 18.1. The number of benzene rings is 1. The molecule has 6 rings (SSSR count). The van der Waals surface area contributed by atoms with Gasteiger partial charge in [-0.05, 0) is 60.4 Å². The van der Waals surface area contributed by atoms with Gasteiger partial charge in [0.1, 0.15) is 5.52 Å². The molecular weight excluding hydrogens is 422 g/mol. The molecule has 4 heterocycles. The van der Waals surface area contributed by atoms with Gasteiger partial charge in [-0.2, -0.15) is 9.50 Å². The van der Waals surface area contributed by atoms with Crippen LogP contribution in [0.5, 0.6) is 0 Å². The van der Waals surface area contributed by atoms with Gasteiger partial charge in [0, 0.05) is 30.5 Å². The minimum atomic E-state index is -0.222. The van der Waals surface area contributed by atoms with Crippen molar-refractivity contribution in [1.82, 2.24) is 34.6 Å². The van der Waals surface area contributed by atoms with Crippen molar-refractivity contribution in [1.29, 1.82) is 0 Å². The van der Waals surface area contributed by atoms with E-state index in [1.54, 1.807) is 10.8 Å². The molecule has 33 heavy (non-hydrogen) atoms. The molecule has 1 aliphatic carbocycles. The molecule has 1 saturated heterocycles. The molecule has 1 aromatic carbocycles. The molecule has 1 saturated carbocycles. The predicted molar refractivity (Wildman–Crippen MR) is 123 cm³/mol. The van der Waals surface area contributed by atoms with Gasteiger partial charge in [0.2, 0.25) is 11.6 Å². The Morgan fingerprint density at radius 3 is 2.52 bits per heavy atom. The third-order valence-corrected chi connectivity index (χ3v) is 6.73. The van der Waals surface area contributed by atoms with Crippen molar-refractivity contribution in [2.45, 2.75) is 50.7 Å². The monoisotopic (exact) mass is 447 g/mol. The Morgan fingerprint density at radius 1 is 1.00 bits per heavy atom. The standard InChI is InChI=1S/C22H25N9O2/c32-17-9-11-29(12-10-17)15-7-5-14(6-8-15)24-22-23-13-18-19(25-22)30(16-3-1-2-4-16)21(33)20-26-27-28-31(18)20/h5-8,13,16-17,32H,1-4,9-12H2,(H,23,24,25). The molecule has 0 spiro atoms. The van der Waals surface area contributed by atoms with E-state index in [2.05, 4.69) is 42.9 Å². The Hall–Kier alpha value is -3.60. The number of fused-ring (bicyclic) bond motifs is 3. The van der Waals surface area contributed by atoms with Crippen LogP contribution in [0.15, 0.2) is 35.3 Å². The molecule has 0 bridgehead atoms. The quantitative estimate of drug-likeness (QED) is 0.483. The second-order valence-corrected chi connectivity index (χ2v) is 8.82. The number of piperidine rings is 1. The maximum absolute atomic E-state index is 13.2. The zero-order chi connectivity index (χ0) is 22.4. The van der Waals surface area contributed by atoms with Crippen molar-refractivity contribution in [3.8, 4) is 0 Å². The van der Waals surface area contributed by atoms with Crippen molar-refractivity contribution in [3.63, 3.8) is 0 Å². The first-order chi connectivity index (χ1) is 16.2. The number of aliphatic hydroxyl groups is 1. The lowest BCUT2D eigenvalue weighted by molar-refractivity contribution is 0.145. The van der Waals surface area contributed by atoms with Gasteiger partial charge in [-0.15, -0.1) is 5.10 Å². The Labute approximate surface area is 189 Å². The first-order valence-corrected chi connectivity index (χ1v) is 11.5. The van der Waals surface area contributed by atoms with E-state index < -0.39 is 0 Å². The summed E-state index contributed by atoms with van der Waals surface area (Å²) in [5, 5.41) is 24.6. The molecule has 1 aliphatic heterocycles. The van der Waals surface area contributed by atoms with Crippen molar-refractivity contribution in [2.75, 3.05) is 23.3 Å². The summed E-state index contributed by atoms with van der Waals surface area (Å²) in [5.74, 6) is 0.412. The highest BCUT2D eigenvalue weighted by atomic mass is 16.3. The average Bonchev–Trinajstić information content (AvgIpc) is 3.53. The van der Waals surface area contributed by atoms with Gasteiger partial charge in [-0.1, -0.05) is 12.8 Å².